The molecule has 1 aliphatic carbocycles. The first-order chi connectivity index (χ1) is 17.5. The molecule has 4 nitrogen and oxygen atoms in total. The van der Waals surface area contributed by atoms with E-state index in [1.54, 1.807) is 36.4 Å². The van der Waals surface area contributed by atoms with Gasteiger partial charge in [0.15, 0.2) is 11.6 Å². The predicted molar refractivity (Wildman–Crippen MR) is 142 cm³/mol. The van der Waals surface area contributed by atoms with Gasteiger partial charge in [0.2, 0.25) is 0 Å². The molecule has 2 N–H and O–H groups in total. The molecule has 0 spiro atoms. The Morgan fingerprint density at radius 1 is 0.500 bits per heavy atom. The SMILES string of the molecule is O=C1c2ccccc2C(=O)c2c1c(O)c1cc(Sc3ccccc3)c(Sc3ccccc3)cc1c2O. The Kier molecular flexibility index (Phi) is 5.55. The van der Waals surface area contributed by atoms with Crippen LogP contribution < -0.4 is 0 Å². The third-order valence-electron chi connectivity index (χ3n) is 6.13. The minimum Gasteiger partial charge on any atom is -0.506 e. The van der Waals surface area contributed by atoms with E-state index in [0.29, 0.717) is 10.8 Å². The fourth-order valence-electron chi connectivity index (χ4n) is 4.44. The number of aromatic hydroxyl groups is 2. The molecule has 36 heavy (non-hydrogen) atoms. The molecule has 174 valence electrons. The Morgan fingerprint density at radius 3 is 1.25 bits per heavy atom. The number of rotatable bonds is 4. The van der Waals surface area contributed by atoms with Crippen molar-refractivity contribution in [1.82, 2.24) is 0 Å². The largest absolute Gasteiger partial charge is 0.506 e. The zero-order chi connectivity index (χ0) is 24.8. The lowest BCUT2D eigenvalue weighted by molar-refractivity contribution is 0.0974. The quantitative estimate of drug-likeness (QED) is 0.244. The average molecular weight is 507 g/mol. The minimum atomic E-state index is -0.477. The normalized spacial score (nSPS) is 12.4. The van der Waals surface area contributed by atoms with Crippen molar-refractivity contribution in [2.24, 2.45) is 0 Å². The lowest BCUT2D eigenvalue weighted by Crippen LogP contribution is -2.21. The van der Waals surface area contributed by atoms with Crippen molar-refractivity contribution >= 4 is 45.9 Å². The number of hydrogen-bond donors (Lipinski definition) is 2. The molecule has 0 saturated carbocycles. The van der Waals surface area contributed by atoms with Crippen LogP contribution in [0.1, 0.15) is 31.8 Å². The van der Waals surface area contributed by atoms with Crippen molar-refractivity contribution in [2.45, 2.75) is 19.6 Å². The molecule has 0 heterocycles. The molecule has 0 unspecified atom stereocenters. The predicted octanol–water partition coefficient (Wildman–Crippen LogP) is 7.33. The second-order valence-corrected chi connectivity index (χ2v) is 10.6. The van der Waals surface area contributed by atoms with Gasteiger partial charge in [-0.1, -0.05) is 84.2 Å². The monoisotopic (exact) mass is 506 g/mol. The van der Waals surface area contributed by atoms with Crippen LogP contribution in [0.3, 0.4) is 0 Å². The number of benzene rings is 5. The van der Waals surface area contributed by atoms with Crippen LogP contribution in [0.4, 0.5) is 0 Å². The number of hydrogen-bond acceptors (Lipinski definition) is 6. The summed E-state index contributed by atoms with van der Waals surface area (Å²) in [6.45, 7) is 0. The Morgan fingerprint density at radius 2 is 0.861 bits per heavy atom. The van der Waals surface area contributed by atoms with Gasteiger partial charge in [-0.25, -0.2) is 0 Å². The van der Waals surface area contributed by atoms with E-state index in [1.165, 1.54) is 23.5 Å². The number of carbonyl (C=O) groups excluding carboxylic acids is 2. The van der Waals surface area contributed by atoms with E-state index in [0.717, 1.165) is 19.6 Å². The first-order valence-corrected chi connectivity index (χ1v) is 12.9. The van der Waals surface area contributed by atoms with E-state index >= 15 is 0 Å². The van der Waals surface area contributed by atoms with Crippen molar-refractivity contribution in [3.05, 3.63) is 119 Å². The van der Waals surface area contributed by atoms with Crippen molar-refractivity contribution in [3.63, 3.8) is 0 Å². The molecular weight excluding hydrogens is 488 g/mol. The second-order valence-electron chi connectivity index (χ2n) is 8.33. The van der Waals surface area contributed by atoms with Crippen molar-refractivity contribution in [3.8, 4) is 11.5 Å². The zero-order valence-electron chi connectivity index (χ0n) is 18.8. The van der Waals surface area contributed by atoms with Crippen LogP contribution in [0.5, 0.6) is 11.5 Å². The molecule has 0 aliphatic heterocycles. The van der Waals surface area contributed by atoms with Crippen LogP contribution in [-0.4, -0.2) is 21.8 Å². The summed E-state index contributed by atoms with van der Waals surface area (Å²) < 4.78 is 0. The van der Waals surface area contributed by atoms with Gasteiger partial charge < -0.3 is 10.2 Å². The number of fused-ring (bicyclic) bond motifs is 3. The molecule has 0 fully saturated rings. The van der Waals surface area contributed by atoms with Gasteiger partial charge in [-0.2, -0.15) is 0 Å². The van der Waals surface area contributed by atoms with Crippen LogP contribution in [0, 0.1) is 0 Å². The van der Waals surface area contributed by atoms with Gasteiger partial charge in [0, 0.05) is 41.5 Å². The maximum atomic E-state index is 13.3. The average Bonchev–Trinajstić information content (AvgIpc) is 2.91. The molecule has 0 saturated heterocycles. The summed E-state index contributed by atoms with van der Waals surface area (Å²) in [4.78, 5) is 30.4. The first-order valence-electron chi connectivity index (χ1n) is 11.2. The highest BCUT2D eigenvalue weighted by atomic mass is 32.2. The minimum absolute atomic E-state index is 0.150. The molecule has 5 aromatic rings. The fraction of sp³-hybridized carbons (Fsp3) is 0. The number of ketones is 2. The van der Waals surface area contributed by atoms with E-state index in [4.69, 9.17) is 0 Å². The zero-order valence-corrected chi connectivity index (χ0v) is 20.4. The number of phenolic OH excluding ortho intramolecular Hbond substituents is 2. The van der Waals surface area contributed by atoms with Gasteiger partial charge in [-0.15, -0.1) is 0 Å². The highest BCUT2D eigenvalue weighted by Gasteiger charge is 2.36. The smallest absolute Gasteiger partial charge is 0.198 e. The summed E-state index contributed by atoms with van der Waals surface area (Å²) >= 11 is 3.05. The van der Waals surface area contributed by atoms with E-state index < -0.39 is 11.6 Å². The van der Waals surface area contributed by atoms with Gasteiger partial charge in [-0.3, -0.25) is 9.59 Å². The van der Waals surface area contributed by atoms with Crippen LogP contribution >= 0.6 is 23.5 Å². The Hall–Kier alpha value is -4.00. The molecule has 6 rings (SSSR count). The number of phenols is 2. The molecular formula is C30H18O4S2. The summed E-state index contributed by atoms with van der Waals surface area (Å²) in [5.41, 5.74) is 0.143. The molecule has 6 heteroatoms. The van der Waals surface area contributed by atoms with Gasteiger partial charge in [-0.05, 0) is 36.4 Å². The lowest BCUT2D eigenvalue weighted by atomic mass is 9.81. The van der Waals surface area contributed by atoms with E-state index in [9.17, 15) is 19.8 Å². The molecule has 0 radical (unpaired) electrons. The lowest BCUT2D eigenvalue weighted by Gasteiger charge is -2.22. The topological polar surface area (TPSA) is 74.6 Å². The van der Waals surface area contributed by atoms with Crippen molar-refractivity contribution < 1.29 is 19.8 Å². The maximum absolute atomic E-state index is 13.3. The molecule has 0 bridgehead atoms. The van der Waals surface area contributed by atoms with E-state index in [1.807, 2.05) is 60.7 Å². The van der Waals surface area contributed by atoms with Gasteiger partial charge in [0.05, 0.1) is 11.1 Å². The van der Waals surface area contributed by atoms with Gasteiger partial charge in [0.1, 0.15) is 11.5 Å². The highest BCUT2D eigenvalue weighted by molar-refractivity contribution is 8.02. The molecule has 0 atom stereocenters. The summed E-state index contributed by atoms with van der Waals surface area (Å²) in [5, 5.41) is 23.3. The Balaban J connectivity index is 1.60. The maximum Gasteiger partial charge on any atom is 0.198 e. The number of carbonyl (C=O) groups is 2. The molecule has 0 aromatic heterocycles. The third-order valence-corrected chi connectivity index (χ3v) is 8.39. The summed E-state index contributed by atoms with van der Waals surface area (Å²) in [6, 6.07) is 29.7. The van der Waals surface area contributed by atoms with Crippen LogP contribution in [0.2, 0.25) is 0 Å². The molecule has 0 amide bonds. The van der Waals surface area contributed by atoms with Crippen LogP contribution in [0.15, 0.2) is 117 Å². The van der Waals surface area contributed by atoms with E-state index in [-0.39, 0.29) is 33.8 Å². The summed E-state index contributed by atoms with van der Waals surface area (Å²) in [5.74, 6) is -1.54. The highest BCUT2D eigenvalue weighted by Crippen LogP contribution is 2.49. The third kappa shape index (κ3) is 3.66. The van der Waals surface area contributed by atoms with Gasteiger partial charge in [0.25, 0.3) is 0 Å². The van der Waals surface area contributed by atoms with E-state index in [2.05, 4.69) is 0 Å². The fourth-order valence-corrected chi connectivity index (χ4v) is 6.46. The molecule has 1 aliphatic rings. The van der Waals surface area contributed by atoms with Crippen molar-refractivity contribution in [2.75, 3.05) is 0 Å². The standard InChI is InChI=1S/C30H18O4S2/c31-27-19-13-7-8-14-20(19)28(32)26-25(27)29(33)21-15-23(35-17-9-3-1-4-10-17)24(16-22(21)30(26)34)36-18-11-5-2-6-12-18/h1-16,33-34H. The first kappa shape index (κ1) is 22.5. The molecule has 5 aromatic carbocycles. The van der Waals surface area contributed by atoms with Crippen molar-refractivity contribution in [1.29, 1.82) is 0 Å². The summed E-state index contributed by atoms with van der Waals surface area (Å²) in [6.07, 6.45) is 0. The Labute approximate surface area is 215 Å². The Bertz CT molecular complexity index is 1550. The van der Waals surface area contributed by atoms with Crippen LogP contribution in [0.25, 0.3) is 10.8 Å². The summed E-state index contributed by atoms with van der Waals surface area (Å²) in [7, 11) is 0. The second kappa shape index (κ2) is 8.90. The van der Waals surface area contributed by atoms with Crippen LogP contribution in [-0.2, 0) is 0 Å². The van der Waals surface area contributed by atoms with Gasteiger partial charge >= 0.3 is 0 Å².